The van der Waals surface area contributed by atoms with E-state index in [0.717, 1.165) is 0 Å². The minimum absolute atomic E-state index is 0.00440. The lowest BCUT2D eigenvalue weighted by Crippen LogP contribution is -2.59. The topological polar surface area (TPSA) is 135 Å². The zero-order valence-corrected chi connectivity index (χ0v) is 23.3. The van der Waals surface area contributed by atoms with Crippen LogP contribution in [0.3, 0.4) is 0 Å². The van der Waals surface area contributed by atoms with Crippen molar-refractivity contribution in [3.8, 4) is 0 Å². The standard InChI is InChI=1S/C15H28O6.C11H20O5/c1-13(2,5-16)11-18-7-15(8-19-11)9-20-12(21-10-15)14(3,4)6-17;1-10(2,3-12)9-11(6-15-8-16-9)4-13-7-14-5-11/h11-12,16-17H,5-10H2,1-4H3;9,12H,3-8H2,1-2H3. The summed E-state index contributed by atoms with van der Waals surface area (Å²) >= 11 is 0. The number of rotatable bonds is 6. The van der Waals surface area contributed by atoms with Gasteiger partial charge in [-0.25, -0.2) is 0 Å². The summed E-state index contributed by atoms with van der Waals surface area (Å²) in [6.45, 7) is 15.9. The maximum absolute atomic E-state index is 9.46. The highest BCUT2D eigenvalue weighted by molar-refractivity contribution is 4.97. The second kappa shape index (κ2) is 12.4. The average Bonchev–Trinajstić information content (AvgIpc) is 2.90. The Balaban J connectivity index is 0.000000213. The Kier molecular flexibility index (Phi) is 10.4. The monoisotopic (exact) mass is 536 g/mol. The van der Waals surface area contributed by atoms with Crippen molar-refractivity contribution in [3.63, 3.8) is 0 Å². The van der Waals surface area contributed by atoms with Crippen LogP contribution in [0.2, 0.25) is 0 Å². The first-order valence-electron chi connectivity index (χ1n) is 13.0. The molecule has 11 heteroatoms. The molecule has 218 valence electrons. The lowest BCUT2D eigenvalue weighted by molar-refractivity contribution is -0.337. The van der Waals surface area contributed by atoms with Gasteiger partial charge in [0, 0.05) is 16.2 Å². The molecule has 0 aromatic heterocycles. The Hall–Kier alpha value is -0.440. The van der Waals surface area contributed by atoms with Gasteiger partial charge in [0.1, 0.15) is 13.6 Å². The van der Waals surface area contributed by atoms with Crippen molar-refractivity contribution >= 4 is 0 Å². The molecule has 4 rings (SSSR count). The lowest BCUT2D eigenvalue weighted by Gasteiger charge is -2.50. The Bertz CT molecular complexity index is 643. The van der Waals surface area contributed by atoms with Crippen LogP contribution in [-0.2, 0) is 37.9 Å². The molecule has 37 heavy (non-hydrogen) atoms. The predicted molar refractivity (Wildman–Crippen MR) is 131 cm³/mol. The Morgan fingerprint density at radius 2 is 0.919 bits per heavy atom. The van der Waals surface area contributed by atoms with Crippen LogP contribution in [0.15, 0.2) is 0 Å². The summed E-state index contributed by atoms with van der Waals surface area (Å²) in [7, 11) is 0. The van der Waals surface area contributed by atoms with E-state index in [1.54, 1.807) is 0 Å². The van der Waals surface area contributed by atoms with Crippen LogP contribution in [0.25, 0.3) is 0 Å². The van der Waals surface area contributed by atoms with E-state index in [4.69, 9.17) is 37.9 Å². The first-order valence-corrected chi connectivity index (χ1v) is 13.0. The van der Waals surface area contributed by atoms with Gasteiger partial charge >= 0.3 is 0 Å². The molecule has 4 saturated heterocycles. The molecule has 0 amide bonds. The minimum Gasteiger partial charge on any atom is -0.396 e. The van der Waals surface area contributed by atoms with Gasteiger partial charge in [0.15, 0.2) is 12.6 Å². The van der Waals surface area contributed by atoms with Crippen LogP contribution >= 0.6 is 0 Å². The fourth-order valence-corrected chi connectivity index (χ4v) is 4.98. The highest BCUT2D eigenvalue weighted by Gasteiger charge is 2.52. The summed E-state index contributed by atoms with van der Waals surface area (Å²) in [5, 5.41) is 28.2. The van der Waals surface area contributed by atoms with Crippen molar-refractivity contribution < 1.29 is 53.2 Å². The lowest BCUT2D eigenvalue weighted by atomic mass is 9.70. The van der Waals surface area contributed by atoms with Crippen LogP contribution < -0.4 is 0 Å². The second-order valence-electron chi connectivity index (χ2n) is 13.0. The quantitative estimate of drug-likeness (QED) is 0.451. The van der Waals surface area contributed by atoms with Gasteiger partial charge in [-0.1, -0.05) is 41.5 Å². The van der Waals surface area contributed by atoms with Gasteiger partial charge < -0.3 is 53.2 Å². The molecular formula is C26H48O11. The van der Waals surface area contributed by atoms with Crippen molar-refractivity contribution in [2.24, 2.45) is 27.1 Å². The van der Waals surface area contributed by atoms with Crippen molar-refractivity contribution in [3.05, 3.63) is 0 Å². The Morgan fingerprint density at radius 1 is 0.541 bits per heavy atom. The molecule has 0 aromatic rings. The highest BCUT2D eigenvalue weighted by atomic mass is 16.7. The number of hydrogen-bond acceptors (Lipinski definition) is 11. The van der Waals surface area contributed by atoms with Gasteiger partial charge in [-0.2, -0.15) is 0 Å². The van der Waals surface area contributed by atoms with E-state index in [-0.39, 0.29) is 49.0 Å². The molecule has 0 bridgehead atoms. The van der Waals surface area contributed by atoms with Gasteiger partial charge in [-0.15, -0.1) is 0 Å². The van der Waals surface area contributed by atoms with Gasteiger partial charge in [-0.05, 0) is 0 Å². The molecule has 0 saturated carbocycles. The number of aliphatic hydroxyl groups excluding tert-OH is 3. The SMILES string of the molecule is CC(C)(CO)C1OCC2(CO1)COC(C(C)(C)CO)OC2.CC(C)(CO)C1OCOCC12COCOC2. The van der Waals surface area contributed by atoms with Gasteiger partial charge in [0.05, 0.1) is 83.0 Å². The molecular weight excluding hydrogens is 488 g/mol. The fourth-order valence-electron chi connectivity index (χ4n) is 4.98. The van der Waals surface area contributed by atoms with E-state index < -0.39 is 23.4 Å². The third-order valence-electron chi connectivity index (χ3n) is 7.58. The zero-order chi connectivity index (χ0) is 27.4. The summed E-state index contributed by atoms with van der Waals surface area (Å²) in [5.74, 6) is 0. The minimum atomic E-state index is -0.431. The fraction of sp³-hybridized carbons (Fsp3) is 1.00. The zero-order valence-electron chi connectivity index (χ0n) is 23.3. The summed E-state index contributed by atoms with van der Waals surface area (Å²) in [5.41, 5.74) is -1.78. The molecule has 0 radical (unpaired) electrons. The van der Waals surface area contributed by atoms with Gasteiger partial charge in [-0.3, -0.25) is 0 Å². The van der Waals surface area contributed by atoms with E-state index in [1.165, 1.54) is 0 Å². The van der Waals surface area contributed by atoms with Crippen LogP contribution in [0.1, 0.15) is 41.5 Å². The molecule has 4 aliphatic rings. The Morgan fingerprint density at radius 3 is 1.30 bits per heavy atom. The molecule has 0 aliphatic carbocycles. The van der Waals surface area contributed by atoms with Crippen LogP contribution in [0.4, 0.5) is 0 Å². The van der Waals surface area contributed by atoms with Crippen LogP contribution in [0.5, 0.6) is 0 Å². The normalized spacial score (nSPS) is 33.2. The summed E-state index contributed by atoms with van der Waals surface area (Å²) in [4.78, 5) is 0. The number of ether oxygens (including phenoxy) is 8. The third kappa shape index (κ3) is 7.20. The molecule has 4 heterocycles. The summed E-state index contributed by atoms with van der Waals surface area (Å²) in [6, 6.07) is 0. The molecule has 1 atom stereocenters. The van der Waals surface area contributed by atoms with E-state index in [9.17, 15) is 15.3 Å². The first kappa shape index (κ1) is 31.1. The van der Waals surface area contributed by atoms with Crippen LogP contribution in [0, 0.1) is 27.1 Å². The third-order valence-corrected chi connectivity index (χ3v) is 7.58. The molecule has 1 unspecified atom stereocenters. The van der Waals surface area contributed by atoms with E-state index in [1.807, 2.05) is 41.5 Å². The van der Waals surface area contributed by atoms with Crippen molar-refractivity contribution in [2.75, 3.05) is 79.7 Å². The molecule has 3 N–H and O–H groups in total. The maximum atomic E-state index is 9.46. The van der Waals surface area contributed by atoms with Gasteiger partial charge in [0.2, 0.25) is 0 Å². The molecule has 0 aromatic carbocycles. The van der Waals surface area contributed by atoms with E-state index in [2.05, 4.69) is 0 Å². The van der Waals surface area contributed by atoms with Gasteiger partial charge in [0.25, 0.3) is 0 Å². The Labute approximate surface area is 220 Å². The van der Waals surface area contributed by atoms with Crippen molar-refractivity contribution in [2.45, 2.75) is 60.2 Å². The van der Waals surface area contributed by atoms with Crippen molar-refractivity contribution in [1.29, 1.82) is 0 Å². The molecule has 11 nitrogen and oxygen atoms in total. The molecule has 4 fully saturated rings. The van der Waals surface area contributed by atoms with Crippen LogP contribution in [-0.4, -0.2) is 114 Å². The smallest absolute Gasteiger partial charge is 0.164 e. The average molecular weight is 537 g/mol. The first-order chi connectivity index (χ1) is 17.4. The van der Waals surface area contributed by atoms with E-state index in [0.29, 0.717) is 53.0 Å². The number of hydrogen-bond donors (Lipinski definition) is 3. The number of aliphatic hydroxyl groups is 3. The predicted octanol–water partition coefficient (Wildman–Crippen LogP) is 1.12. The van der Waals surface area contributed by atoms with Crippen molar-refractivity contribution in [1.82, 2.24) is 0 Å². The summed E-state index contributed by atoms with van der Waals surface area (Å²) < 4.78 is 44.9. The maximum Gasteiger partial charge on any atom is 0.164 e. The molecule has 2 spiro atoms. The second-order valence-corrected chi connectivity index (χ2v) is 13.0. The largest absolute Gasteiger partial charge is 0.396 e. The molecule has 4 aliphatic heterocycles. The van der Waals surface area contributed by atoms with E-state index >= 15 is 0 Å². The summed E-state index contributed by atoms with van der Waals surface area (Å²) in [6.07, 6.45) is -0.946. The highest BCUT2D eigenvalue weighted by Crippen LogP contribution is 2.42.